The summed E-state index contributed by atoms with van der Waals surface area (Å²) in [5.41, 5.74) is 3.27. The second kappa shape index (κ2) is 13.9. The molecule has 13 nitrogen and oxygen atoms in total. The van der Waals surface area contributed by atoms with Gasteiger partial charge in [0.2, 0.25) is 0 Å². The number of hydrogen-bond acceptors (Lipinski definition) is 9. The Balaban J connectivity index is 1.21. The first-order chi connectivity index (χ1) is 19.7. The molecule has 1 unspecified atom stereocenters. The molecule has 1 aromatic carbocycles. The van der Waals surface area contributed by atoms with E-state index in [1.165, 1.54) is 0 Å². The Labute approximate surface area is 242 Å². The Morgan fingerprint density at radius 3 is 2.71 bits per heavy atom. The summed E-state index contributed by atoms with van der Waals surface area (Å²) in [5, 5.41) is 36.8. The van der Waals surface area contributed by atoms with Gasteiger partial charge in [-0.25, -0.2) is 0 Å². The molecular weight excluding hydrogens is 550 g/mol. The first-order valence-corrected chi connectivity index (χ1v) is 13.5. The lowest BCUT2D eigenvalue weighted by molar-refractivity contribution is -0.138. The van der Waals surface area contributed by atoms with Crippen molar-refractivity contribution in [2.45, 2.75) is 26.4 Å². The third-order valence-electron chi connectivity index (χ3n) is 6.59. The third kappa shape index (κ3) is 8.37. The van der Waals surface area contributed by atoms with E-state index in [0.29, 0.717) is 60.5 Å². The predicted octanol–water partition coefficient (Wildman–Crippen LogP) is 2.06. The zero-order valence-corrected chi connectivity index (χ0v) is 23.6. The van der Waals surface area contributed by atoms with Crippen LogP contribution in [0, 0.1) is 11.3 Å². The predicted molar refractivity (Wildman–Crippen MR) is 152 cm³/mol. The fourth-order valence-electron chi connectivity index (χ4n) is 4.35. The summed E-state index contributed by atoms with van der Waals surface area (Å²) in [6.45, 7) is 8.21. The SMILES string of the molecule is C/C(=N/OCCN1CCN(CC(=O)O)CC1)c1cc(C(=O)NC(C)Cn2ccc(-c3ccc(C#N)c(Cl)c3)n2)n[nH]1. The van der Waals surface area contributed by atoms with Crippen molar-refractivity contribution in [3.8, 4) is 17.3 Å². The van der Waals surface area contributed by atoms with Gasteiger partial charge < -0.3 is 15.3 Å². The van der Waals surface area contributed by atoms with Gasteiger partial charge in [-0.2, -0.15) is 15.5 Å². The first-order valence-electron chi connectivity index (χ1n) is 13.1. The molecule has 0 spiro atoms. The number of rotatable bonds is 12. The van der Waals surface area contributed by atoms with E-state index in [2.05, 4.69) is 30.7 Å². The van der Waals surface area contributed by atoms with Crippen LogP contribution in [0.1, 0.15) is 35.6 Å². The Morgan fingerprint density at radius 1 is 1.24 bits per heavy atom. The normalized spacial score (nSPS) is 15.3. The van der Waals surface area contributed by atoms with E-state index >= 15 is 0 Å². The number of carbonyl (C=O) groups excluding carboxylic acids is 1. The molecule has 4 rings (SSSR count). The average Bonchev–Trinajstić information content (AvgIpc) is 3.62. The number of aromatic nitrogens is 4. The van der Waals surface area contributed by atoms with Crippen molar-refractivity contribution in [1.29, 1.82) is 5.26 Å². The Morgan fingerprint density at radius 2 is 2.00 bits per heavy atom. The number of aliphatic carboxylic acids is 1. The average molecular weight is 582 g/mol. The van der Waals surface area contributed by atoms with Gasteiger partial charge >= 0.3 is 5.97 Å². The number of amides is 1. The van der Waals surface area contributed by atoms with Gasteiger partial charge in [0.1, 0.15) is 18.4 Å². The Hall–Kier alpha value is -4.25. The van der Waals surface area contributed by atoms with Crippen LogP contribution in [0.5, 0.6) is 0 Å². The van der Waals surface area contributed by atoms with Crippen molar-refractivity contribution >= 4 is 29.2 Å². The van der Waals surface area contributed by atoms with Gasteiger partial charge in [-0.3, -0.25) is 29.2 Å². The molecule has 3 aromatic rings. The van der Waals surface area contributed by atoms with E-state index < -0.39 is 5.97 Å². The van der Waals surface area contributed by atoms with Gasteiger partial charge in [0.15, 0.2) is 5.69 Å². The number of carboxylic acids is 1. The lowest BCUT2D eigenvalue weighted by Crippen LogP contribution is -2.48. The summed E-state index contributed by atoms with van der Waals surface area (Å²) in [4.78, 5) is 33.1. The molecule has 1 fully saturated rings. The molecule has 2 aromatic heterocycles. The quantitative estimate of drug-likeness (QED) is 0.165. The molecule has 0 aliphatic carbocycles. The van der Waals surface area contributed by atoms with Crippen LogP contribution in [-0.2, 0) is 16.2 Å². The lowest BCUT2D eigenvalue weighted by atomic mass is 10.1. The molecule has 1 saturated heterocycles. The van der Waals surface area contributed by atoms with Crippen LogP contribution < -0.4 is 5.32 Å². The number of hydrogen-bond donors (Lipinski definition) is 3. The maximum atomic E-state index is 12.7. The Kier molecular flexibility index (Phi) is 10.1. The summed E-state index contributed by atoms with van der Waals surface area (Å²) in [7, 11) is 0. The third-order valence-corrected chi connectivity index (χ3v) is 6.90. The molecule has 3 N–H and O–H groups in total. The molecule has 1 aliphatic heterocycles. The van der Waals surface area contributed by atoms with Crippen molar-refractivity contribution in [3.63, 3.8) is 0 Å². The van der Waals surface area contributed by atoms with Crippen LogP contribution in [0.4, 0.5) is 0 Å². The van der Waals surface area contributed by atoms with Crippen LogP contribution in [0.25, 0.3) is 11.3 Å². The van der Waals surface area contributed by atoms with Gasteiger partial charge in [0.05, 0.1) is 35.1 Å². The fraction of sp³-hybridized carbons (Fsp3) is 0.407. The van der Waals surface area contributed by atoms with Crippen molar-refractivity contribution < 1.29 is 19.5 Å². The molecule has 0 bridgehead atoms. The van der Waals surface area contributed by atoms with Crippen molar-refractivity contribution in [2.24, 2.45) is 5.16 Å². The molecule has 216 valence electrons. The van der Waals surface area contributed by atoms with E-state index in [9.17, 15) is 9.59 Å². The molecule has 41 heavy (non-hydrogen) atoms. The lowest BCUT2D eigenvalue weighted by Gasteiger charge is -2.33. The molecule has 1 aliphatic rings. The standard InChI is InChI=1S/C27H32ClN9O4/c1-18(16-37-6-5-23(33-37)20-3-4-21(15-29)22(28)13-20)30-27(40)25-14-24(31-32-25)19(2)34-41-12-11-35-7-9-36(10-8-35)17-26(38)39/h3-6,13-14,18H,7-12,16-17H2,1-2H3,(H,30,40)(H,31,32)(H,38,39)/b34-19-. The zero-order chi connectivity index (χ0) is 29.4. The second-order valence-electron chi connectivity index (χ2n) is 9.79. The van der Waals surface area contributed by atoms with Gasteiger partial charge in [0, 0.05) is 50.5 Å². The van der Waals surface area contributed by atoms with E-state index in [1.807, 2.05) is 30.2 Å². The Bertz CT molecular complexity index is 1440. The molecule has 1 amide bonds. The molecule has 1 atom stereocenters. The molecule has 0 saturated carbocycles. The minimum atomic E-state index is -0.809. The zero-order valence-electron chi connectivity index (χ0n) is 22.9. The maximum Gasteiger partial charge on any atom is 0.317 e. The summed E-state index contributed by atoms with van der Waals surface area (Å²) < 4.78 is 1.73. The molecule has 3 heterocycles. The maximum absolute atomic E-state index is 12.7. The number of benzene rings is 1. The smallest absolute Gasteiger partial charge is 0.317 e. The van der Waals surface area contributed by atoms with Gasteiger partial charge in [-0.15, -0.1) is 0 Å². The molecule has 14 heteroatoms. The minimum absolute atomic E-state index is 0.0686. The number of halogens is 1. The highest BCUT2D eigenvalue weighted by Crippen LogP contribution is 2.24. The summed E-state index contributed by atoms with van der Waals surface area (Å²) in [6.07, 6.45) is 1.82. The number of carboxylic acid groups (broad SMARTS) is 1. The molecular formula is C27H32ClN9O4. The highest BCUT2D eigenvalue weighted by molar-refractivity contribution is 6.32. The van der Waals surface area contributed by atoms with Crippen LogP contribution in [0.2, 0.25) is 5.02 Å². The number of aromatic amines is 1. The number of oxime groups is 1. The number of piperazine rings is 1. The first kappa shape index (κ1) is 29.7. The topological polar surface area (TPSA) is 165 Å². The summed E-state index contributed by atoms with van der Waals surface area (Å²) >= 11 is 6.14. The molecule has 0 radical (unpaired) electrons. The number of nitrogens with one attached hydrogen (secondary N) is 2. The van der Waals surface area contributed by atoms with Crippen LogP contribution in [0.15, 0.2) is 41.7 Å². The van der Waals surface area contributed by atoms with Crippen molar-refractivity contribution in [3.05, 3.63) is 58.5 Å². The van der Waals surface area contributed by atoms with E-state index in [0.717, 1.165) is 18.7 Å². The van der Waals surface area contributed by atoms with E-state index in [4.69, 9.17) is 26.8 Å². The van der Waals surface area contributed by atoms with Gasteiger partial charge in [-0.1, -0.05) is 22.8 Å². The summed E-state index contributed by atoms with van der Waals surface area (Å²) in [5.74, 6) is -1.14. The summed E-state index contributed by atoms with van der Waals surface area (Å²) in [6, 6.07) is 10.4. The largest absolute Gasteiger partial charge is 0.480 e. The van der Waals surface area contributed by atoms with Gasteiger partial charge in [-0.05, 0) is 38.1 Å². The highest BCUT2D eigenvalue weighted by atomic mass is 35.5. The second-order valence-corrected chi connectivity index (χ2v) is 10.2. The highest BCUT2D eigenvalue weighted by Gasteiger charge is 2.19. The van der Waals surface area contributed by atoms with Crippen LogP contribution >= 0.6 is 11.6 Å². The number of H-pyrrole nitrogens is 1. The van der Waals surface area contributed by atoms with Crippen LogP contribution in [-0.4, -0.2) is 104 Å². The monoisotopic (exact) mass is 581 g/mol. The van der Waals surface area contributed by atoms with Crippen LogP contribution in [0.3, 0.4) is 0 Å². The van der Waals surface area contributed by atoms with E-state index in [1.54, 1.807) is 35.9 Å². The van der Waals surface area contributed by atoms with Crippen molar-refractivity contribution in [2.75, 3.05) is 45.9 Å². The minimum Gasteiger partial charge on any atom is -0.480 e. The van der Waals surface area contributed by atoms with Crippen molar-refractivity contribution in [1.82, 2.24) is 35.1 Å². The fourth-order valence-corrected chi connectivity index (χ4v) is 4.58. The van der Waals surface area contributed by atoms with E-state index in [-0.39, 0.29) is 24.2 Å². The number of nitriles is 1. The number of nitrogens with zero attached hydrogens (tertiary/aromatic N) is 7. The number of carbonyl (C=O) groups is 2. The van der Waals surface area contributed by atoms with Gasteiger partial charge in [0.25, 0.3) is 5.91 Å².